The zero-order valence-corrected chi connectivity index (χ0v) is 15.5. The maximum absolute atomic E-state index is 12.4. The summed E-state index contributed by atoms with van der Waals surface area (Å²) in [4.78, 5) is 4.95. The van der Waals surface area contributed by atoms with Gasteiger partial charge < -0.3 is 5.32 Å². The van der Waals surface area contributed by atoms with E-state index < -0.39 is 10.0 Å². The average Bonchev–Trinajstić information content (AvgIpc) is 3.17. The fourth-order valence-electron chi connectivity index (χ4n) is 2.03. The van der Waals surface area contributed by atoms with Crippen molar-refractivity contribution in [2.75, 3.05) is 5.32 Å². The van der Waals surface area contributed by atoms with E-state index >= 15 is 0 Å². The molecular formula is C16H13ClN4O3S2. The summed E-state index contributed by atoms with van der Waals surface area (Å²) in [5.74, 6) is -0.364. The quantitative estimate of drug-likeness (QED) is 0.346. The summed E-state index contributed by atoms with van der Waals surface area (Å²) in [6, 6.07) is 13.3. The minimum Gasteiger partial charge on any atom is -0.324 e. The first-order chi connectivity index (χ1) is 12.5. The number of sulfonamides is 1. The molecule has 0 bridgehead atoms. The number of anilines is 1. The van der Waals surface area contributed by atoms with Gasteiger partial charge in [0, 0.05) is 27.3 Å². The smallest absolute Gasteiger partial charge is 0.303 e. The normalized spacial score (nSPS) is 12.0. The number of guanidine groups is 1. The van der Waals surface area contributed by atoms with E-state index in [9.17, 15) is 8.42 Å². The molecule has 2 heterocycles. The molecule has 2 aromatic heterocycles. The largest absolute Gasteiger partial charge is 0.324 e. The lowest BCUT2D eigenvalue weighted by atomic mass is 10.2. The summed E-state index contributed by atoms with van der Waals surface area (Å²) in [6.07, 6.45) is 1.47. The van der Waals surface area contributed by atoms with Crippen LogP contribution in [0.2, 0.25) is 5.02 Å². The molecule has 0 aliphatic carbocycles. The van der Waals surface area contributed by atoms with Gasteiger partial charge in [0.1, 0.15) is 0 Å². The number of hydrogen-bond acceptors (Lipinski definition) is 5. The average molecular weight is 409 g/mol. The summed E-state index contributed by atoms with van der Waals surface area (Å²) < 4.78 is 28.3. The second-order valence-electron chi connectivity index (χ2n) is 5.02. The van der Waals surface area contributed by atoms with Crippen molar-refractivity contribution >= 4 is 44.6 Å². The number of nitrogens with zero attached hydrogens (tertiary/aromatic N) is 2. The third-order valence-electron chi connectivity index (χ3n) is 3.23. The first-order valence-electron chi connectivity index (χ1n) is 7.25. The summed E-state index contributed by atoms with van der Waals surface area (Å²) in [5.41, 5.74) is 3.03. The highest BCUT2D eigenvalue weighted by Crippen LogP contribution is 2.24. The van der Waals surface area contributed by atoms with Crippen LogP contribution in [0.4, 0.5) is 5.69 Å². The number of thiophene rings is 1. The van der Waals surface area contributed by atoms with E-state index in [1.54, 1.807) is 35.8 Å². The minimum atomic E-state index is -4.12. The molecule has 0 fully saturated rings. The molecule has 3 aromatic rings. The fourth-order valence-corrected chi connectivity index (χ4v) is 3.72. The number of benzene rings is 1. The number of rotatable bonds is 4. The van der Waals surface area contributed by atoms with E-state index in [1.807, 2.05) is 17.5 Å². The highest BCUT2D eigenvalue weighted by Gasteiger charge is 2.17. The lowest BCUT2D eigenvalue weighted by Gasteiger charge is -2.08. The Morgan fingerprint density at radius 2 is 1.92 bits per heavy atom. The highest BCUT2D eigenvalue weighted by atomic mass is 35.5. The van der Waals surface area contributed by atoms with Crippen LogP contribution in [-0.4, -0.2) is 24.6 Å². The molecule has 0 saturated heterocycles. The SMILES string of the molecule is O=S(=O)(/N=C(\NO)Nc1ccc(Cl)cc1)c1ccc(-c2cccs2)cn1. The number of hydroxylamine groups is 1. The summed E-state index contributed by atoms with van der Waals surface area (Å²) in [5, 5.41) is 14.0. The van der Waals surface area contributed by atoms with Gasteiger partial charge in [-0.15, -0.1) is 15.7 Å². The molecule has 0 amide bonds. The summed E-state index contributed by atoms with van der Waals surface area (Å²) >= 11 is 7.32. The second-order valence-corrected chi connectivity index (χ2v) is 7.96. The van der Waals surface area contributed by atoms with Crippen molar-refractivity contribution in [2.45, 2.75) is 5.03 Å². The van der Waals surface area contributed by atoms with Crippen LogP contribution in [0.3, 0.4) is 0 Å². The second kappa shape index (κ2) is 7.83. The van der Waals surface area contributed by atoms with E-state index in [0.717, 1.165) is 10.4 Å². The topological polar surface area (TPSA) is 104 Å². The maximum Gasteiger partial charge on any atom is 0.303 e. The van der Waals surface area contributed by atoms with Gasteiger partial charge in [-0.3, -0.25) is 5.21 Å². The summed E-state index contributed by atoms with van der Waals surface area (Å²) in [7, 11) is -4.12. The molecule has 10 heteroatoms. The predicted octanol–water partition coefficient (Wildman–Crippen LogP) is 3.60. The van der Waals surface area contributed by atoms with E-state index in [1.165, 1.54) is 23.6 Å². The van der Waals surface area contributed by atoms with Crippen molar-refractivity contribution in [3.63, 3.8) is 0 Å². The number of pyridine rings is 1. The molecule has 0 saturated carbocycles. The summed E-state index contributed by atoms with van der Waals surface area (Å²) in [6.45, 7) is 0. The Bertz CT molecular complexity index is 1000. The molecule has 26 heavy (non-hydrogen) atoms. The molecule has 0 atom stereocenters. The molecule has 3 N–H and O–H groups in total. The van der Waals surface area contributed by atoms with Crippen LogP contribution >= 0.6 is 22.9 Å². The molecule has 7 nitrogen and oxygen atoms in total. The Labute approximate surface area is 159 Å². The third kappa shape index (κ3) is 4.38. The van der Waals surface area contributed by atoms with Gasteiger partial charge in [-0.2, -0.15) is 8.42 Å². The van der Waals surface area contributed by atoms with Gasteiger partial charge in [-0.05, 0) is 47.8 Å². The Hall–Kier alpha value is -2.46. The Kier molecular flexibility index (Phi) is 5.52. The molecule has 134 valence electrons. The Balaban J connectivity index is 1.83. The molecule has 0 aliphatic heterocycles. The van der Waals surface area contributed by atoms with Crippen LogP contribution in [0.25, 0.3) is 10.4 Å². The van der Waals surface area contributed by atoms with Gasteiger partial charge in [-0.1, -0.05) is 17.7 Å². The minimum absolute atomic E-state index is 0.233. The zero-order chi connectivity index (χ0) is 18.6. The molecule has 0 radical (unpaired) electrons. The highest BCUT2D eigenvalue weighted by molar-refractivity contribution is 7.90. The number of halogens is 1. The maximum atomic E-state index is 12.4. The van der Waals surface area contributed by atoms with Crippen LogP contribution in [0.15, 0.2) is 69.5 Å². The fraction of sp³-hybridized carbons (Fsp3) is 0. The predicted molar refractivity (Wildman–Crippen MR) is 102 cm³/mol. The number of nitrogens with one attached hydrogen (secondary N) is 2. The van der Waals surface area contributed by atoms with Gasteiger partial charge in [0.05, 0.1) is 0 Å². The van der Waals surface area contributed by atoms with Gasteiger partial charge in [0.25, 0.3) is 0 Å². The van der Waals surface area contributed by atoms with Crippen molar-refractivity contribution < 1.29 is 13.6 Å². The van der Waals surface area contributed by atoms with Crippen LogP contribution < -0.4 is 10.8 Å². The van der Waals surface area contributed by atoms with Gasteiger partial charge in [0.2, 0.25) is 5.96 Å². The van der Waals surface area contributed by atoms with Crippen LogP contribution in [0.5, 0.6) is 0 Å². The Morgan fingerprint density at radius 3 is 2.50 bits per heavy atom. The third-order valence-corrected chi connectivity index (χ3v) is 5.59. The molecule has 0 unspecified atom stereocenters. The van der Waals surface area contributed by atoms with Gasteiger partial charge in [0.15, 0.2) is 5.03 Å². The lowest BCUT2D eigenvalue weighted by molar-refractivity contribution is 0.234. The number of hydrogen-bond donors (Lipinski definition) is 3. The van der Waals surface area contributed by atoms with Crippen LogP contribution in [0, 0.1) is 0 Å². The van der Waals surface area contributed by atoms with E-state index in [4.69, 9.17) is 16.8 Å². The molecule has 1 aromatic carbocycles. The van der Waals surface area contributed by atoms with Crippen LogP contribution in [0.1, 0.15) is 0 Å². The molecule has 0 aliphatic rings. The van der Waals surface area contributed by atoms with Gasteiger partial charge in [-0.25, -0.2) is 10.5 Å². The standard InChI is InChI=1S/C16H13ClN4O3S2/c17-12-4-6-13(7-5-12)19-16(20-22)21-26(23,24)15-8-3-11(10-18-15)14-2-1-9-25-14/h1-10,22H,(H2,19,20,21). The van der Waals surface area contributed by atoms with Crippen molar-refractivity contribution in [1.29, 1.82) is 0 Å². The molecule has 0 spiro atoms. The zero-order valence-electron chi connectivity index (χ0n) is 13.1. The monoisotopic (exact) mass is 408 g/mol. The van der Waals surface area contributed by atoms with E-state index in [2.05, 4.69) is 14.7 Å². The van der Waals surface area contributed by atoms with Crippen molar-refractivity contribution in [1.82, 2.24) is 10.5 Å². The first kappa shape index (κ1) is 18.3. The van der Waals surface area contributed by atoms with Crippen molar-refractivity contribution in [3.05, 3.63) is 65.1 Å². The van der Waals surface area contributed by atoms with E-state index in [-0.39, 0.29) is 11.0 Å². The van der Waals surface area contributed by atoms with Gasteiger partial charge >= 0.3 is 10.0 Å². The number of aromatic nitrogens is 1. The molecule has 3 rings (SSSR count). The van der Waals surface area contributed by atoms with Crippen molar-refractivity contribution in [3.8, 4) is 10.4 Å². The Morgan fingerprint density at radius 1 is 1.15 bits per heavy atom. The van der Waals surface area contributed by atoms with E-state index in [0.29, 0.717) is 10.7 Å². The first-order valence-corrected chi connectivity index (χ1v) is 9.95. The lowest BCUT2D eigenvalue weighted by Crippen LogP contribution is -2.29. The van der Waals surface area contributed by atoms with Crippen molar-refractivity contribution in [2.24, 2.45) is 4.40 Å². The van der Waals surface area contributed by atoms with Crippen LogP contribution in [-0.2, 0) is 10.0 Å². The molecular weight excluding hydrogens is 396 g/mol.